The van der Waals surface area contributed by atoms with Crippen LogP contribution in [0.1, 0.15) is 41.1 Å². The fraction of sp³-hybridized carbons (Fsp3) is 0.200. The van der Waals surface area contributed by atoms with Crippen LogP contribution in [0.25, 0.3) is 11.1 Å². The number of alkyl carbamates (subject to hydrolysis) is 1. The van der Waals surface area contributed by atoms with E-state index >= 15 is 0 Å². The SMILES string of the molecule is CCc1ccc(C(NC(=O)OCC2c3ccccc3-c3ccccc32)C(=O)O)cc1. The minimum Gasteiger partial charge on any atom is -0.479 e. The molecule has 0 saturated heterocycles. The molecule has 0 heterocycles. The molecular weight excluding hydrogens is 378 g/mol. The standard InChI is InChI=1S/C25H23NO4/c1-2-16-11-13-17(14-12-16)23(24(27)28)26-25(29)30-15-22-20-9-5-3-7-18(20)19-8-4-6-10-21(19)22/h3-14,22-23H,2,15H2,1H3,(H,26,29)(H,27,28). The minimum absolute atomic E-state index is 0.0738. The predicted octanol–water partition coefficient (Wildman–Crippen LogP) is 4.91. The summed E-state index contributed by atoms with van der Waals surface area (Å²) < 4.78 is 5.47. The van der Waals surface area contributed by atoms with Gasteiger partial charge in [0.25, 0.3) is 0 Å². The molecule has 3 aromatic rings. The molecule has 30 heavy (non-hydrogen) atoms. The van der Waals surface area contributed by atoms with Crippen molar-refractivity contribution in [3.8, 4) is 11.1 Å². The highest BCUT2D eigenvalue weighted by atomic mass is 16.5. The van der Waals surface area contributed by atoms with Gasteiger partial charge in [-0.3, -0.25) is 0 Å². The number of amides is 1. The third-order valence-corrected chi connectivity index (χ3v) is 5.57. The molecule has 1 aliphatic rings. The molecule has 2 N–H and O–H groups in total. The van der Waals surface area contributed by atoms with Gasteiger partial charge in [0.2, 0.25) is 0 Å². The van der Waals surface area contributed by atoms with Crippen molar-refractivity contribution >= 4 is 12.1 Å². The Morgan fingerprint density at radius 1 is 0.933 bits per heavy atom. The average molecular weight is 401 g/mol. The summed E-state index contributed by atoms with van der Waals surface area (Å²) in [4.78, 5) is 24.1. The number of carbonyl (C=O) groups is 2. The molecule has 3 aromatic carbocycles. The molecule has 0 saturated carbocycles. The lowest BCUT2D eigenvalue weighted by Gasteiger charge is -2.18. The highest BCUT2D eigenvalue weighted by molar-refractivity contribution is 5.82. The number of carboxylic acids is 1. The Labute approximate surface area is 175 Å². The molecule has 1 atom stereocenters. The van der Waals surface area contributed by atoms with Gasteiger partial charge in [-0.05, 0) is 39.8 Å². The maximum atomic E-state index is 12.4. The molecule has 4 rings (SSSR count). The third kappa shape index (κ3) is 3.79. The first-order valence-corrected chi connectivity index (χ1v) is 10.0. The van der Waals surface area contributed by atoms with E-state index in [9.17, 15) is 14.7 Å². The average Bonchev–Trinajstić information content (AvgIpc) is 3.10. The normalized spacial score (nSPS) is 13.2. The summed E-state index contributed by atoms with van der Waals surface area (Å²) >= 11 is 0. The van der Waals surface area contributed by atoms with Crippen LogP contribution in [0.15, 0.2) is 72.8 Å². The van der Waals surface area contributed by atoms with Crippen molar-refractivity contribution in [1.29, 1.82) is 0 Å². The summed E-state index contributed by atoms with van der Waals surface area (Å²) in [5.41, 5.74) is 6.10. The second-order valence-electron chi connectivity index (χ2n) is 7.34. The number of fused-ring (bicyclic) bond motifs is 3. The summed E-state index contributed by atoms with van der Waals surface area (Å²) in [5.74, 6) is -1.21. The summed E-state index contributed by atoms with van der Waals surface area (Å²) in [6.45, 7) is 2.17. The van der Waals surface area contributed by atoms with Crippen LogP contribution in [0.4, 0.5) is 4.79 Å². The fourth-order valence-electron chi connectivity index (χ4n) is 3.99. The summed E-state index contributed by atoms with van der Waals surface area (Å²) in [7, 11) is 0. The van der Waals surface area contributed by atoms with Crippen molar-refractivity contribution in [1.82, 2.24) is 5.32 Å². The Morgan fingerprint density at radius 3 is 2.03 bits per heavy atom. The molecule has 0 radical (unpaired) electrons. The monoisotopic (exact) mass is 401 g/mol. The van der Waals surface area contributed by atoms with Crippen molar-refractivity contribution in [2.24, 2.45) is 0 Å². The van der Waals surface area contributed by atoms with E-state index in [0.29, 0.717) is 5.56 Å². The zero-order valence-corrected chi connectivity index (χ0v) is 16.7. The molecule has 0 bridgehead atoms. The number of aryl methyl sites for hydroxylation is 1. The van der Waals surface area contributed by atoms with Gasteiger partial charge in [-0.2, -0.15) is 0 Å². The lowest BCUT2D eigenvalue weighted by atomic mass is 9.98. The number of rotatable bonds is 6. The first kappa shape index (κ1) is 19.7. The van der Waals surface area contributed by atoms with Crippen molar-refractivity contribution in [3.63, 3.8) is 0 Å². The molecule has 0 spiro atoms. The predicted molar refractivity (Wildman–Crippen MR) is 114 cm³/mol. The van der Waals surface area contributed by atoms with E-state index in [2.05, 4.69) is 17.4 Å². The minimum atomic E-state index is -1.16. The van der Waals surface area contributed by atoms with Gasteiger partial charge < -0.3 is 15.2 Å². The molecule has 5 nitrogen and oxygen atoms in total. The van der Waals surface area contributed by atoms with Crippen molar-refractivity contribution in [2.45, 2.75) is 25.3 Å². The molecule has 1 aliphatic carbocycles. The van der Waals surface area contributed by atoms with Gasteiger partial charge in [0.1, 0.15) is 6.61 Å². The topological polar surface area (TPSA) is 75.6 Å². The number of benzene rings is 3. The van der Waals surface area contributed by atoms with Crippen LogP contribution < -0.4 is 5.32 Å². The number of hydrogen-bond acceptors (Lipinski definition) is 3. The smallest absolute Gasteiger partial charge is 0.408 e. The molecule has 0 fully saturated rings. The maximum Gasteiger partial charge on any atom is 0.408 e. The number of ether oxygens (including phenoxy) is 1. The Kier molecular flexibility index (Phi) is 5.53. The molecular formula is C25H23NO4. The number of hydrogen-bond donors (Lipinski definition) is 2. The Balaban J connectivity index is 1.47. The molecule has 0 aromatic heterocycles. The second kappa shape index (κ2) is 8.41. The summed E-state index contributed by atoms with van der Waals surface area (Å²) in [6.07, 6.45) is 0.112. The number of carboxylic acid groups (broad SMARTS) is 1. The summed E-state index contributed by atoms with van der Waals surface area (Å²) in [5, 5.41) is 12.1. The zero-order valence-electron chi connectivity index (χ0n) is 16.7. The lowest BCUT2D eigenvalue weighted by molar-refractivity contribution is -0.139. The van der Waals surface area contributed by atoms with Crippen LogP contribution in [0.5, 0.6) is 0 Å². The van der Waals surface area contributed by atoms with Crippen LogP contribution in [0, 0.1) is 0 Å². The van der Waals surface area contributed by atoms with E-state index in [1.54, 1.807) is 12.1 Å². The van der Waals surface area contributed by atoms with Gasteiger partial charge >= 0.3 is 12.1 Å². The first-order chi connectivity index (χ1) is 14.6. The van der Waals surface area contributed by atoms with Gasteiger partial charge in [0, 0.05) is 5.92 Å². The molecule has 0 aliphatic heterocycles. The first-order valence-electron chi connectivity index (χ1n) is 10.0. The molecule has 1 amide bonds. The van der Waals surface area contributed by atoms with Gasteiger partial charge in [0.15, 0.2) is 6.04 Å². The number of nitrogens with one attached hydrogen (secondary N) is 1. The van der Waals surface area contributed by atoms with E-state index in [-0.39, 0.29) is 12.5 Å². The quantitative estimate of drug-likeness (QED) is 0.615. The largest absolute Gasteiger partial charge is 0.479 e. The zero-order chi connectivity index (χ0) is 21.1. The molecule has 1 unspecified atom stereocenters. The van der Waals surface area contributed by atoms with Gasteiger partial charge in [-0.1, -0.05) is 79.7 Å². The number of carbonyl (C=O) groups excluding carboxylic acids is 1. The highest BCUT2D eigenvalue weighted by Crippen LogP contribution is 2.44. The molecule has 152 valence electrons. The second-order valence-corrected chi connectivity index (χ2v) is 7.34. The van der Waals surface area contributed by atoms with Crippen LogP contribution in [-0.4, -0.2) is 23.8 Å². The highest BCUT2D eigenvalue weighted by Gasteiger charge is 2.30. The van der Waals surface area contributed by atoms with Gasteiger partial charge in [-0.25, -0.2) is 9.59 Å². The third-order valence-electron chi connectivity index (χ3n) is 5.57. The van der Waals surface area contributed by atoms with Crippen LogP contribution in [0.3, 0.4) is 0 Å². The van der Waals surface area contributed by atoms with Crippen molar-refractivity contribution < 1.29 is 19.4 Å². The van der Waals surface area contributed by atoms with E-state index in [0.717, 1.165) is 34.2 Å². The van der Waals surface area contributed by atoms with Crippen molar-refractivity contribution in [2.75, 3.05) is 6.61 Å². The maximum absolute atomic E-state index is 12.4. The van der Waals surface area contributed by atoms with E-state index in [1.165, 1.54) is 0 Å². The Bertz CT molecular complexity index is 1030. The van der Waals surface area contributed by atoms with E-state index in [4.69, 9.17) is 4.74 Å². The van der Waals surface area contributed by atoms with E-state index in [1.807, 2.05) is 55.5 Å². The van der Waals surface area contributed by atoms with Gasteiger partial charge in [0.05, 0.1) is 0 Å². The van der Waals surface area contributed by atoms with Crippen molar-refractivity contribution in [3.05, 3.63) is 95.1 Å². The van der Waals surface area contributed by atoms with Crippen LogP contribution in [-0.2, 0) is 16.0 Å². The number of aliphatic carboxylic acids is 1. The van der Waals surface area contributed by atoms with Gasteiger partial charge in [-0.15, -0.1) is 0 Å². The lowest BCUT2D eigenvalue weighted by Crippen LogP contribution is -2.34. The van der Waals surface area contributed by atoms with Crippen LogP contribution in [0.2, 0.25) is 0 Å². The Morgan fingerprint density at radius 2 is 1.50 bits per heavy atom. The summed E-state index contributed by atoms with van der Waals surface area (Å²) in [6, 6.07) is 22.1. The Hall–Kier alpha value is -3.60. The fourth-order valence-corrected chi connectivity index (χ4v) is 3.99. The van der Waals surface area contributed by atoms with Crippen LogP contribution >= 0.6 is 0 Å². The van der Waals surface area contributed by atoms with E-state index < -0.39 is 18.1 Å². The molecule has 5 heteroatoms.